The lowest BCUT2D eigenvalue weighted by atomic mass is 10.0. The molecule has 2 N–H and O–H groups in total. The van der Waals surface area contributed by atoms with Gasteiger partial charge < -0.3 is 10.2 Å². The molecule has 1 aromatic rings. The number of hydrogen-bond donors (Lipinski definition) is 2. The van der Waals surface area contributed by atoms with Crippen molar-refractivity contribution in [3.05, 3.63) is 30.1 Å². The van der Waals surface area contributed by atoms with Crippen molar-refractivity contribution in [3.8, 4) is 0 Å². The normalized spacial score (nSPS) is 15.9. The predicted octanol–water partition coefficient (Wildman–Crippen LogP) is 1.48. The fourth-order valence-corrected chi connectivity index (χ4v) is 4.16. The minimum absolute atomic E-state index is 0.0410. The van der Waals surface area contributed by atoms with Gasteiger partial charge >= 0.3 is 0 Å². The van der Waals surface area contributed by atoms with E-state index in [1.165, 1.54) is 18.2 Å². The Morgan fingerprint density at radius 3 is 2.64 bits per heavy atom. The van der Waals surface area contributed by atoms with E-state index in [-0.39, 0.29) is 24.9 Å². The van der Waals surface area contributed by atoms with Gasteiger partial charge in [0.25, 0.3) is 0 Å². The molecule has 1 aromatic carbocycles. The second kappa shape index (κ2) is 9.26. The minimum atomic E-state index is -3.96. The third-order valence-corrected chi connectivity index (χ3v) is 5.79. The zero-order valence-corrected chi connectivity index (χ0v) is 15.3. The molecule has 1 fully saturated rings. The van der Waals surface area contributed by atoms with E-state index < -0.39 is 20.7 Å². The van der Waals surface area contributed by atoms with E-state index in [1.807, 2.05) is 11.8 Å². The Hall–Kier alpha value is -1.51. The molecule has 0 saturated carbocycles. The van der Waals surface area contributed by atoms with Crippen molar-refractivity contribution < 1.29 is 17.6 Å². The number of sulfonamides is 1. The number of hydrogen-bond acceptors (Lipinski definition) is 4. The maximum absolute atomic E-state index is 13.6. The van der Waals surface area contributed by atoms with Crippen molar-refractivity contribution in [2.75, 3.05) is 26.2 Å². The van der Waals surface area contributed by atoms with Crippen LogP contribution in [0.15, 0.2) is 29.2 Å². The third kappa shape index (κ3) is 5.49. The van der Waals surface area contributed by atoms with Gasteiger partial charge in [0, 0.05) is 25.6 Å². The summed E-state index contributed by atoms with van der Waals surface area (Å²) in [6.45, 7) is 4.42. The summed E-state index contributed by atoms with van der Waals surface area (Å²) in [7, 11) is -3.96. The molecular weight excluding hydrogens is 345 g/mol. The Morgan fingerprint density at radius 1 is 1.32 bits per heavy atom. The van der Waals surface area contributed by atoms with Crippen molar-refractivity contribution >= 4 is 15.9 Å². The van der Waals surface area contributed by atoms with Gasteiger partial charge in [0.05, 0.1) is 0 Å². The molecule has 8 heteroatoms. The van der Waals surface area contributed by atoms with Crippen LogP contribution in [0.1, 0.15) is 32.6 Å². The van der Waals surface area contributed by atoms with Crippen molar-refractivity contribution in [1.29, 1.82) is 0 Å². The summed E-state index contributed by atoms with van der Waals surface area (Å²) >= 11 is 0. The second-order valence-electron chi connectivity index (χ2n) is 6.15. The maximum atomic E-state index is 13.6. The molecule has 25 heavy (non-hydrogen) atoms. The van der Waals surface area contributed by atoms with E-state index in [0.29, 0.717) is 6.54 Å². The van der Waals surface area contributed by atoms with Crippen molar-refractivity contribution in [3.63, 3.8) is 0 Å². The van der Waals surface area contributed by atoms with Crippen molar-refractivity contribution in [2.24, 2.45) is 0 Å². The average molecular weight is 371 g/mol. The standard InChI is InChI=1S/C17H26FN3O3S/c1-2-13-21(14-7-10-19-11-8-14)17(22)9-12-20-25(23,24)16-6-4-3-5-15(16)18/h3-6,14,19-20H,2,7-13H2,1H3. The highest BCUT2D eigenvalue weighted by Gasteiger charge is 2.25. The van der Waals surface area contributed by atoms with Crippen molar-refractivity contribution in [1.82, 2.24) is 14.9 Å². The summed E-state index contributed by atoms with van der Waals surface area (Å²) in [4.78, 5) is 14.0. The molecule has 0 aromatic heterocycles. The van der Waals surface area contributed by atoms with Crippen molar-refractivity contribution in [2.45, 2.75) is 43.5 Å². The summed E-state index contributed by atoms with van der Waals surface area (Å²) in [6, 6.07) is 5.40. The molecule has 0 spiro atoms. The second-order valence-corrected chi connectivity index (χ2v) is 7.88. The van der Waals surface area contributed by atoms with Gasteiger partial charge in [-0.3, -0.25) is 4.79 Å². The maximum Gasteiger partial charge on any atom is 0.243 e. The highest BCUT2D eigenvalue weighted by Crippen LogP contribution is 2.15. The lowest BCUT2D eigenvalue weighted by Crippen LogP contribution is -2.47. The van der Waals surface area contributed by atoms with Crippen LogP contribution >= 0.6 is 0 Å². The Kier molecular flexibility index (Phi) is 7.34. The minimum Gasteiger partial charge on any atom is -0.340 e. The molecular formula is C17H26FN3O3S. The van der Waals surface area contributed by atoms with Gasteiger partial charge in [-0.2, -0.15) is 0 Å². The fourth-order valence-electron chi connectivity index (χ4n) is 3.05. The number of halogens is 1. The monoisotopic (exact) mass is 371 g/mol. The zero-order valence-electron chi connectivity index (χ0n) is 14.5. The van der Waals surface area contributed by atoms with Crippen LogP contribution in [0.5, 0.6) is 0 Å². The van der Waals surface area contributed by atoms with E-state index in [4.69, 9.17) is 0 Å². The van der Waals surface area contributed by atoms with Crippen LogP contribution in [0, 0.1) is 5.82 Å². The molecule has 140 valence electrons. The van der Waals surface area contributed by atoms with E-state index in [1.54, 1.807) is 0 Å². The van der Waals surface area contributed by atoms with E-state index in [0.717, 1.165) is 38.4 Å². The molecule has 1 amide bonds. The molecule has 2 rings (SSSR count). The van der Waals surface area contributed by atoms with Crippen LogP contribution in [-0.2, 0) is 14.8 Å². The number of amides is 1. The van der Waals surface area contributed by atoms with Crippen LogP contribution in [0.2, 0.25) is 0 Å². The average Bonchev–Trinajstić information content (AvgIpc) is 2.60. The summed E-state index contributed by atoms with van der Waals surface area (Å²) in [6.07, 6.45) is 2.74. The largest absolute Gasteiger partial charge is 0.340 e. The van der Waals surface area contributed by atoms with E-state index in [9.17, 15) is 17.6 Å². The van der Waals surface area contributed by atoms with Gasteiger partial charge in [-0.05, 0) is 44.5 Å². The number of nitrogens with zero attached hydrogens (tertiary/aromatic N) is 1. The smallest absolute Gasteiger partial charge is 0.243 e. The van der Waals surface area contributed by atoms with Crippen LogP contribution in [0.4, 0.5) is 4.39 Å². The quantitative estimate of drug-likeness (QED) is 0.726. The molecule has 0 aliphatic carbocycles. The number of carbonyl (C=O) groups excluding carboxylic acids is 1. The molecule has 0 unspecified atom stereocenters. The van der Waals surface area contributed by atoms with E-state index >= 15 is 0 Å². The van der Waals surface area contributed by atoms with Crippen LogP contribution < -0.4 is 10.0 Å². The molecule has 0 atom stereocenters. The number of nitrogens with one attached hydrogen (secondary N) is 2. The van der Waals surface area contributed by atoms with Crippen LogP contribution in [-0.4, -0.2) is 51.4 Å². The molecule has 1 heterocycles. The fraction of sp³-hybridized carbons (Fsp3) is 0.588. The molecule has 1 aliphatic rings. The van der Waals surface area contributed by atoms with Gasteiger partial charge in [-0.25, -0.2) is 17.5 Å². The van der Waals surface area contributed by atoms with Gasteiger partial charge in [-0.1, -0.05) is 19.1 Å². The Morgan fingerprint density at radius 2 is 2.00 bits per heavy atom. The SMILES string of the molecule is CCCN(C(=O)CCNS(=O)(=O)c1ccccc1F)C1CCNCC1. The topological polar surface area (TPSA) is 78.5 Å². The first-order valence-corrected chi connectivity index (χ1v) is 10.2. The highest BCUT2D eigenvalue weighted by atomic mass is 32.2. The first kappa shape index (κ1) is 19.8. The van der Waals surface area contributed by atoms with Gasteiger partial charge in [-0.15, -0.1) is 0 Å². The Balaban J connectivity index is 1.92. The third-order valence-electron chi connectivity index (χ3n) is 4.29. The Bertz CT molecular complexity index is 675. The lowest BCUT2D eigenvalue weighted by molar-refractivity contribution is -0.133. The summed E-state index contributed by atoms with van der Waals surface area (Å²) < 4.78 is 40.3. The number of carbonyl (C=O) groups is 1. The number of benzene rings is 1. The molecule has 0 bridgehead atoms. The first-order valence-electron chi connectivity index (χ1n) is 8.70. The summed E-state index contributed by atoms with van der Waals surface area (Å²) in [5.41, 5.74) is 0. The molecule has 6 nitrogen and oxygen atoms in total. The van der Waals surface area contributed by atoms with Gasteiger partial charge in [0.15, 0.2) is 0 Å². The first-order chi connectivity index (χ1) is 12.0. The predicted molar refractivity (Wildman–Crippen MR) is 94.1 cm³/mol. The van der Waals surface area contributed by atoms with Crippen LogP contribution in [0.3, 0.4) is 0 Å². The summed E-state index contributed by atoms with van der Waals surface area (Å²) in [5, 5.41) is 3.27. The van der Waals surface area contributed by atoms with E-state index in [2.05, 4.69) is 10.0 Å². The number of rotatable bonds is 8. The van der Waals surface area contributed by atoms with Gasteiger partial charge in [0.2, 0.25) is 15.9 Å². The Labute approximate surface area is 148 Å². The molecule has 1 saturated heterocycles. The number of piperidine rings is 1. The molecule has 0 radical (unpaired) electrons. The lowest BCUT2D eigenvalue weighted by Gasteiger charge is -2.34. The van der Waals surface area contributed by atoms with Crippen LogP contribution in [0.25, 0.3) is 0 Å². The summed E-state index contributed by atoms with van der Waals surface area (Å²) in [5.74, 6) is -0.867. The molecule has 1 aliphatic heterocycles. The zero-order chi connectivity index (χ0) is 18.3. The highest BCUT2D eigenvalue weighted by molar-refractivity contribution is 7.89. The van der Waals surface area contributed by atoms with Gasteiger partial charge in [0.1, 0.15) is 10.7 Å².